The zero-order valence-electron chi connectivity index (χ0n) is 4.83. The first-order chi connectivity index (χ1) is 4.06. The summed E-state index contributed by atoms with van der Waals surface area (Å²) < 4.78 is 25.3. The summed E-state index contributed by atoms with van der Waals surface area (Å²) in [5.74, 6) is -2.28. The molecule has 0 aromatic heterocycles. The van der Waals surface area contributed by atoms with Gasteiger partial charge < -0.3 is 0 Å². The van der Waals surface area contributed by atoms with Gasteiger partial charge in [-0.3, -0.25) is 0 Å². The molecule has 3 heteroatoms. The standard InChI is InChI=1S/C6H7F2I/c7-6(8)3-5(6)1-4(9)2-5/h4H,1-3H2. The van der Waals surface area contributed by atoms with Gasteiger partial charge in [0.15, 0.2) is 0 Å². The maximum absolute atomic E-state index is 12.4. The van der Waals surface area contributed by atoms with Crippen molar-refractivity contribution in [2.24, 2.45) is 5.41 Å². The molecule has 1 spiro atoms. The number of alkyl halides is 3. The highest BCUT2D eigenvalue weighted by Crippen LogP contribution is 2.72. The van der Waals surface area contributed by atoms with E-state index in [1.807, 2.05) is 0 Å². The number of hydrogen-bond donors (Lipinski definition) is 0. The quantitative estimate of drug-likeness (QED) is 0.454. The van der Waals surface area contributed by atoms with E-state index in [1.165, 1.54) is 0 Å². The van der Waals surface area contributed by atoms with Crippen molar-refractivity contribution in [1.29, 1.82) is 0 Å². The Hall–Kier alpha value is 0.590. The fourth-order valence-electron chi connectivity index (χ4n) is 1.61. The van der Waals surface area contributed by atoms with Gasteiger partial charge in [0.25, 0.3) is 5.92 Å². The predicted octanol–water partition coefficient (Wildman–Crippen LogP) is 2.61. The van der Waals surface area contributed by atoms with Gasteiger partial charge in [-0.25, -0.2) is 8.78 Å². The van der Waals surface area contributed by atoms with E-state index in [2.05, 4.69) is 22.6 Å². The summed E-state index contributed by atoms with van der Waals surface area (Å²) in [6, 6.07) is 0. The smallest absolute Gasteiger partial charge is 0.206 e. The van der Waals surface area contributed by atoms with Crippen molar-refractivity contribution in [3.63, 3.8) is 0 Å². The summed E-state index contributed by atoms with van der Waals surface area (Å²) in [6.07, 6.45) is 1.67. The second kappa shape index (κ2) is 1.43. The number of rotatable bonds is 0. The Balaban J connectivity index is 2.03. The molecule has 0 amide bonds. The van der Waals surface area contributed by atoms with Gasteiger partial charge in [0, 0.05) is 15.8 Å². The van der Waals surface area contributed by atoms with Crippen LogP contribution in [-0.2, 0) is 0 Å². The molecule has 2 aliphatic carbocycles. The molecule has 0 aromatic rings. The van der Waals surface area contributed by atoms with Gasteiger partial charge in [-0.2, -0.15) is 0 Å². The molecule has 0 aromatic carbocycles. The minimum absolute atomic E-state index is 0.166. The first-order valence-corrected chi connectivity index (χ1v) is 4.32. The van der Waals surface area contributed by atoms with Crippen molar-refractivity contribution in [1.82, 2.24) is 0 Å². The van der Waals surface area contributed by atoms with Crippen LogP contribution in [0.15, 0.2) is 0 Å². The number of hydrogen-bond acceptors (Lipinski definition) is 0. The topological polar surface area (TPSA) is 0 Å². The Kier molecular flexibility index (Phi) is 1.00. The summed E-state index contributed by atoms with van der Waals surface area (Å²) in [5, 5.41) is 0. The van der Waals surface area contributed by atoms with Crippen LogP contribution in [0.2, 0.25) is 0 Å². The van der Waals surface area contributed by atoms with Gasteiger partial charge in [0.1, 0.15) is 0 Å². The van der Waals surface area contributed by atoms with Gasteiger partial charge >= 0.3 is 0 Å². The molecule has 0 radical (unpaired) electrons. The Labute approximate surface area is 66.1 Å². The molecule has 0 N–H and O–H groups in total. The Bertz CT molecular complexity index is 149. The first-order valence-electron chi connectivity index (χ1n) is 3.08. The minimum atomic E-state index is -2.28. The van der Waals surface area contributed by atoms with Crippen molar-refractivity contribution < 1.29 is 8.78 Å². The first kappa shape index (κ1) is 6.31. The minimum Gasteiger partial charge on any atom is -0.206 e. The number of halogens is 3. The highest BCUT2D eigenvalue weighted by atomic mass is 127. The van der Waals surface area contributed by atoms with Gasteiger partial charge in [-0.05, 0) is 12.8 Å². The molecular formula is C6H7F2I. The van der Waals surface area contributed by atoms with Crippen molar-refractivity contribution in [3.05, 3.63) is 0 Å². The molecule has 0 nitrogen and oxygen atoms in total. The van der Waals surface area contributed by atoms with E-state index < -0.39 is 11.3 Å². The van der Waals surface area contributed by atoms with Crippen molar-refractivity contribution in [3.8, 4) is 0 Å². The van der Waals surface area contributed by atoms with E-state index in [1.54, 1.807) is 0 Å². The van der Waals surface area contributed by atoms with E-state index in [4.69, 9.17) is 0 Å². The van der Waals surface area contributed by atoms with Crippen molar-refractivity contribution in [2.45, 2.75) is 29.1 Å². The van der Waals surface area contributed by atoms with Crippen LogP contribution in [0.5, 0.6) is 0 Å². The molecule has 52 valence electrons. The SMILES string of the molecule is FC1(F)CC12CC(I)C2. The van der Waals surface area contributed by atoms with E-state index in [0.29, 0.717) is 3.92 Å². The third kappa shape index (κ3) is 0.670. The molecule has 0 unspecified atom stereocenters. The molecule has 0 atom stereocenters. The second-order valence-electron chi connectivity index (χ2n) is 3.17. The van der Waals surface area contributed by atoms with Crippen LogP contribution in [0, 0.1) is 5.41 Å². The highest BCUT2D eigenvalue weighted by Gasteiger charge is 2.75. The molecule has 2 fully saturated rings. The van der Waals surface area contributed by atoms with Gasteiger partial charge in [0.2, 0.25) is 0 Å². The van der Waals surface area contributed by atoms with Crippen molar-refractivity contribution >= 4 is 22.6 Å². The molecular weight excluding hydrogens is 237 g/mol. The van der Waals surface area contributed by atoms with Crippen LogP contribution >= 0.6 is 22.6 Å². The average Bonchev–Trinajstić information content (AvgIpc) is 2.06. The maximum atomic E-state index is 12.4. The summed E-state index contributed by atoms with van der Waals surface area (Å²) in [4.78, 5) is 0. The van der Waals surface area contributed by atoms with Crippen LogP contribution in [0.1, 0.15) is 19.3 Å². The highest BCUT2D eigenvalue weighted by molar-refractivity contribution is 14.1. The zero-order chi connectivity index (χ0) is 6.70. The molecule has 9 heavy (non-hydrogen) atoms. The Morgan fingerprint density at radius 3 is 1.89 bits per heavy atom. The predicted molar refractivity (Wildman–Crippen MR) is 39.0 cm³/mol. The van der Waals surface area contributed by atoms with E-state index in [9.17, 15) is 8.78 Å². The normalized spacial score (nSPS) is 53.0. The second-order valence-corrected chi connectivity index (χ2v) is 4.93. The fourth-order valence-corrected chi connectivity index (χ4v) is 3.30. The Morgan fingerprint density at radius 2 is 1.78 bits per heavy atom. The third-order valence-electron chi connectivity index (χ3n) is 2.44. The van der Waals surface area contributed by atoms with Crippen molar-refractivity contribution in [2.75, 3.05) is 0 Å². The molecule has 2 saturated carbocycles. The van der Waals surface area contributed by atoms with E-state index in [-0.39, 0.29) is 6.42 Å². The fraction of sp³-hybridized carbons (Fsp3) is 1.00. The monoisotopic (exact) mass is 244 g/mol. The molecule has 2 aliphatic rings. The molecule has 0 heterocycles. The van der Waals surface area contributed by atoms with Crippen LogP contribution in [0.4, 0.5) is 8.78 Å². The average molecular weight is 244 g/mol. The molecule has 2 rings (SSSR count). The van der Waals surface area contributed by atoms with Crippen LogP contribution < -0.4 is 0 Å². The van der Waals surface area contributed by atoms with Crippen LogP contribution in [0.3, 0.4) is 0 Å². The van der Waals surface area contributed by atoms with Gasteiger partial charge in [-0.1, -0.05) is 22.6 Å². The maximum Gasteiger partial charge on any atom is 0.254 e. The van der Waals surface area contributed by atoms with Gasteiger partial charge in [-0.15, -0.1) is 0 Å². The van der Waals surface area contributed by atoms with E-state index >= 15 is 0 Å². The summed E-state index contributed by atoms with van der Waals surface area (Å²) in [6.45, 7) is 0. The molecule has 0 bridgehead atoms. The summed E-state index contributed by atoms with van der Waals surface area (Å²) in [5.41, 5.74) is -0.501. The Morgan fingerprint density at radius 1 is 1.33 bits per heavy atom. The van der Waals surface area contributed by atoms with Crippen LogP contribution in [-0.4, -0.2) is 9.85 Å². The summed E-state index contributed by atoms with van der Waals surface area (Å²) in [7, 11) is 0. The largest absolute Gasteiger partial charge is 0.254 e. The molecule has 0 aliphatic heterocycles. The lowest BCUT2D eigenvalue weighted by atomic mass is 9.81. The van der Waals surface area contributed by atoms with Gasteiger partial charge in [0.05, 0.1) is 0 Å². The summed E-state index contributed by atoms with van der Waals surface area (Å²) >= 11 is 2.24. The zero-order valence-corrected chi connectivity index (χ0v) is 6.99. The molecule has 0 saturated heterocycles. The lowest BCUT2D eigenvalue weighted by Gasteiger charge is -2.31. The van der Waals surface area contributed by atoms with Crippen LogP contribution in [0.25, 0.3) is 0 Å². The lowest BCUT2D eigenvalue weighted by Crippen LogP contribution is -2.30. The van der Waals surface area contributed by atoms with E-state index in [0.717, 1.165) is 12.8 Å². The lowest BCUT2D eigenvalue weighted by molar-refractivity contribution is 0.0351. The third-order valence-corrected chi connectivity index (χ3v) is 3.32.